The van der Waals surface area contributed by atoms with Crippen LogP contribution in [0.2, 0.25) is 0 Å². The highest BCUT2D eigenvalue weighted by molar-refractivity contribution is 5.96. The number of aryl methyl sites for hydroxylation is 1. The van der Waals surface area contributed by atoms with Gasteiger partial charge in [-0.2, -0.15) is 0 Å². The highest BCUT2D eigenvalue weighted by atomic mass is 16.6. The number of aromatic amines is 1. The molecular weight excluding hydrogens is 326 g/mol. The Morgan fingerprint density at radius 1 is 1.16 bits per heavy atom. The maximum atomic E-state index is 11.7. The quantitative estimate of drug-likeness (QED) is 0.419. The SMILES string of the molecule is Cc1cc(=O)oc2cc(OCC(=O)OCC(=O)c3ccc[nH]3)ccc12. The van der Waals surface area contributed by atoms with Gasteiger partial charge in [-0.15, -0.1) is 0 Å². The molecule has 0 fully saturated rings. The summed E-state index contributed by atoms with van der Waals surface area (Å²) in [6.45, 7) is 1.08. The minimum Gasteiger partial charge on any atom is -0.482 e. The summed E-state index contributed by atoms with van der Waals surface area (Å²) < 4.78 is 15.3. The summed E-state index contributed by atoms with van der Waals surface area (Å²) in [5.41, 5.74) is 1.08. The summed E-state index contributed by atoms with van der Waals surface area (Å²) >= 11 is 0. The van der Waals surface area contributed by atoms with Crippen molar-refractivity contribution in [3.8, 4) is 5.75 Å². The molecule has 2 aromatic heterocycles. The van der Waals surface area contributed by atoms with Crippen LogP contribution in [0, 0.1) is 6.92 Å². The van der Waals surface area contributed by atoms with Crippen LogP contribution >= 0.6 is 0 Å². The van der Waals surface area contributed by atoms with Crippen LogP contribution < -0.4 is 10.4 Å². The van der Waals surface area contributed by atoms with Crippen LogP contribution in [0.15, 0.2) is 51.8 Å². The minimum absolute atomic E-state index is 0.332. The molecule has 1 N–H and O–H groups in total. The van der Waals surface area contributed by atoms with Gasteiger partial charge in [-0.25, -0.2) is 9.59 Å². The number of nitrogens with one attached hydrogen (secondary N) is 1. The maximum absolute atomic E-state index is 11.7. The fraction of sp³-hybridized carbons (Fsp3) is 0.167. The Kier molecular flexibility index (Phi) is 4.65. The number of carbonyl (C=O) groups excluding carboxylic acids is 2. The predicted molar refractivity (Wildman–Crippen MR) is 88.8 cm³/mol. The van der Waals surface area contributed by atoms with Gasteiger partial charge in [0.2, 0.25) is 5.78 Å². The summed E-state index contributed by atoms with van der Waals surface area (Å²) in [6, 6.07) is 9.60. The fourth-order valence-electron chi connectivity index (χ4n) is 2.31. The third-order valence-corrected chi connectivity index (χ3v) is 3.54. The maximum Gasteiger partial charge on any atom is 0.344 e. The van der Waals surface area contributed by atoms with E-state index in [1.54, 1.807) is 37.4 Å². The van der Waals surface area contributed by atoms with Crippen molar-refractivity contribution in [2.75, 3.05) is 13.2 Å². The standard InChI is InChI=1S/C18H15NO6/c1-11-7-17(21)25-16-8-12(4-5-13(11)16)23-10-18(22)24-9-15(20)14-3-2-6-19-14/h2-8,19H,9-10H2,1H3. The molecule has 2 heterocycles. The molecule has 7 nitrogen and oxygen atoms in total. The van der Waals surface area contributed by atoms with Gasteiger partial charge < -0.3 is 18.9 Å². The molecule has 0 saturated heterocycles. The third kappa shape index (κ3) is 3.95. The second-order valence-corrected chi connectivity index (χ2v) is 5.36. The van der Waals surface area contributed by atoms with Gasteiger partial charge in [0.05, 0.1) is 5.69 Å². The number of ketones is 1. The van der Waals surface area contributed by atoms with E-state index in [4.69, 9.17) is 13.9 Å². The molecule has 0 aliphatic rings. The van der Waals surface area contributed by atoms with E-state index in [1.807, 2.05) is 0 Å². The molecule has 0 aliphatic heterocycles. The molecule has 0 amide bonds. The molecule has 128 valence electrons. The van der Waals surface area contributed by atoms with E-state index in [2.05, 4.69) is 4.98 Å². The van der Waals surface area contributed by atoms with Crippen molar-refractivity contribution in [2.45, 2.75) is 6.92 Å². The van der Waals surface area contributed by atoms with Gasteiger partial charge in [0.1, 0.15) is 11.3 Å². The molecule has 25 heavy (non-hydrogen) atoms. The van der Waals surface area contributed by atoms with E-state index in [0.717, 1.165) is 10.9 Å². The average molecular weight is 341 g/mol. The fourth-order valence-corrected chi connectivity index (χ4v) is 2.31. The molecule has 0 bridgehead atoms. The smallest absolute Gasteiger partial charge is 0.344 e. The molecule has 0 atom stereocenters. The van der Waals surface area contributed by atoms with E-state index in [1.165, 1.54) is 12.1 Å². The van der Waals surface area contributed by atoms with Crippen LogP contribution in [0.3, 0.4) is 0 Å². The number of ether oxygens (including phenoxy) is 2. The van der Waals surface area contributed by atoms with E-state index < -0.39 is 11.6 Å². The lowest BCUT2D eigenvalue weighted by Gasteiger charge is -2.07. The van der Waals surface area contributed by atoms with Gasteiger partial charge in [-0.1, -0.05) is 0 Å². The molecule has 0 saturated carbocycles. The largest absolute Gasteiger partial charge is 0.482 e. The first-order valence-corrected chi connectivity index (χ1v) is 7.52. The number of benzene rings is 1. The lowest BCUT2D eigenvalue weighted by atomic mass is 10.1. The number of carbonyl (C=O) groups is 2. The Labute approximate surface area is 142 Å². The van der Waals surface area contributed by atoms with Crippen molar-refractivity contribution >= 4 is 22.7 Å². The lowest BCUT2D eigenvalue weighted by Crippen LogP contribution is -2.19. The first-order chi connectivity index (χ1) is 12.0. The van der Waals surface area contributed by atoms with Crippen LogP contribution in [0.25, 0.3) is 11.0 Å². The van der Waals surface area contributed by atoms with Crippen molar-refractivity contribution < 1.29 is 23.5 Å². The van der Waals surface area contributed by atoms with Gasteiger partial charge in [0, 0.05) is 23.7 Å². The Bertz CT molecular complexity index is 971. The number of esters is 1. The summed E-state index contributed by atoms with van der Waals surface area (Å²) in [6.07, 6.45) is 1.61. The third-order valence-electron chi connectivity index (χ3n) is 3.54. The summed E-state index contributed by atoms with van der Waals surface area (Å²) in [7, 11) is 0. The molecule has 0 unspecified atom stereocenters. The number of hydrogen-bond donors (Lipinski definition) is 1. The number of fused-ring (bicyclic) bond motifs is 1. The monoisotopic (exact) mass is 341 g/mol. The normalized spacial score (nSPS) is 10.6. The van der Waals surface area contributed by atoms with Gasteiger partial charge in [-0.05, 0) is 36.8 Å². The number of H-pyrrole nitrogens is 1. The number of Topliss-reactive ketones (excluding diaryl/α,β-unsaturated/α-hetero) is 1. The second kappa shape index (κ2) is 7.04. The van der Waals surface area contributed by atoms with Gasteiger partial charge in [0.15, 0.2) is 13.2 Å². The van der Waals surface area contributed by atoms with Crippen LogP contribution in [-0.2, 0) is 9.53 Å². The van der Waals surface area contributed by atoms with Crippen molar-refractivity contribution in [3.05, 3.63) is 64.3 Å². The number of hydrogen-bond acceptors (Lipinski definition) is 6. The predicted octanol–water partition coefficient (Wildman–Crippen LogP) is 2.23. The second-order valence-electron chi connectivity index (χ2n) is 5.36. The minimum atomic E-state index is -0.675. The lowest BCUT2D eigenvalue weighted by molar-refractivity contribution is -0.144. The zero-order valence-corrected chi connectivity index (χ0v) is 13.4. The van der Waals surface area contributed by atoms with Crippen LogP contribution in [0.4, 0.5) is 0 Å². The van der Waals surface area contributed by atoms with Gasteiger partial charge in [0.25, 0.3) is 0 Å². The Morgan fingerprint density at radius 2 is 2.00 bits per heavy atom. The highest BCUT2D eigenvalue weighted by Gasteiger charge is 2.11. The summed E-state index contributed by atoms with van der Waals surface area (Å²) in [4.78, 5) is 37.5. The molecule has 3 rings (SSSR count). The first kappa shape index (κ1) is 16.5. The van der Waals surface area contributed by atoms with E-state index >= 15 is 0 Å². The molecule has 7 heteroatoms. The highest BCUT2D eigenvalue weighted by Crippen LogP contribution is 2.22. The van der Waals surface area contributed by atoms with Crippen LogP contribution in [0.1, 0.15) is 16.1 Å². The van der Waals surface area contributed by atoms with Crippen molar-refractivity contribution in [1.29, 1.82) is 0 Å². The zero-order valence-electron chi connectivity index (χ0n) is 13.4. The molecule has 0 aliphatic carbocycles. The molecule has 1 aromatic carbocycles. The Balaban J connectivity index is 1.57. The summed E-state index contributed by atoms with van der Waals surface area (Å²) in [5, 5.41) is 0.783. The molecule has 3 aromatic rings. The van der Waals surface area contributed by atoms with E-state index in [-0.39, 0.29) is 19.0 Å². The van der Waals surface area contributed by atoms with Crippen molar-refractivity contribution in [2.24, 2.45) is 0 Å². The van der Waals surface area contributed by atoms with E-state index in [9.17, 15) is 14.4 Å². The van der Waals surface area contributed by atoms with Crippen molar-refractivity contribution in [3.63, 3.8) is 0 Å². The topological polar surface area (TPSA) is 98.6 Å². The molecule has 0 spiro atoms. The van der Waals surface area contributed by atoms with Gasteiger partial charge in [-0.3, -0.25) is 4.79 Å². The number of rotatable bonds is 6. The van der Waals surface area contributed by atoms with Crippen LogP contribution in [0.5, 0.6) is 5.75 Å². The average Bonchev–Trinajstić information content (AvgIpc) is 3.12. The van der Waals surface area contributed by atoms with E-state index in [0.29, 0.717) is 17.0 Å². The Hall–Kier alpha value is -3.35. The molecular formula is C18H15NO6. The zero-order chi connectivity index (χ0) is 17.8. The first-order valence-electron chi connectivity index (χ1n) is 7.52. The summed E-state index contributed by atoms with van der Waals surface area (Å²) in [5.74, 6) is -0.652. The van der Waals surface area contributed by atoms with Gasteiger partial charge >= 0.3 is 11.6 Å². The molecule has 0 radical (unpaired) electrons. The van der Waals surface area contributed by atoms with Crippen molar-refractivity contribution in [1.82, 2.24) is 4.98 Å². The Morgan fingerprint density at radius 3 is 2.76 bits per heavy atom. The number of aromatic nitrogens is 1. The van der Waals surface area contributed by atoms with Crippen LogP contribution in [-0.4, -0.2) is 30.0 Å².